The highest BCUT2D eigenvalue weighted by molar-refractivity contribution is 7.98. The Balaban J connectivity index is 1.69. The molecule has 3 heteroatoms. The number of benzene rings is 2. The first kappa shape index (κ1) is 14.0. The normalized spacial score (nSPS) is 14.4. The van der Waals surface area contributed by atoms with Crippen molar-refractivity contribution in [1.82, 2.24) is 5.32 Å². The standard InChI is InChI=1S/C17H18ClNS/c18-16-8-4-7-14(11-19-15-9-10-15)17(16)20-12-13-5-2-1-3-6-13/h1-8,15,19H,9-12H2. The second-order valence-electron chi connectivity index (χ2n) is 5.16. The Kier molecular flexibility index (Phi) is 4.66. The molecule has 1 saturated carbocycles. The molecule has 0 amide bonds. The average Bonchev–Trinajstić information content (AvgIpc) is 3.29. The number of hydrogen-bond acceptors (Lipinski definition) is 2. The fourth-order valence-corrected chi connectivity index (χ4v) is 3.52. The third kappa shape index (κ3) is 3.78. The van der Waals surface area contributed by atoms with Crippen LogP contribution in [-0.4, -0.2) is 6.04 Å². The highest BCUT2D eigenvalue weighted by atomic mass is 35.5. The van der Waals surface area contributed by atoms with E-state index in [0.29, 0.717) is 0 Å². The smallest absolute Gasteiger partial charge is 0.0545 e. The zero-order valence-corrected chi connectivity index (χ0v) is 12.9. The van der Waals surface area contributed by atoms with Crippen molar-refractivity contribution in [3.63, 3.8) is 0 Å². The van der Waals surface area contributed by atoms with Gasteiger partial charge in [0.25, 0.3) is 0 Å². The number of thioether (sulfide) groups is 1. The van der Waals surface area contributed by atoms with E-state index in [-0.39, 0.29) is 0 Å². The van der Waals surface area contributed by atoms with E-state index >= 15 is 0 Å². The summed E-state index contributed by atoms with van der Waals surface area (Å²) in [6, 6.07) is 17.5. The Hall–Kier alpha value is -0.960. The van der Waals surface area contributed by atoms with Gasteiger partial charge in [0.2, 0.25) is 0 Å². The number of hydrogen-bond donors (Lipinski definition) is 1. The van der Waals surface area contributed by atoms with Crippen molar-refractivity contribution < 1.29 is 0 Å². The van der Waals surface area contributed by atoms with Crippen LogP contribution in [0, 0.1) is 0 Å². The minimum atomic E-state index is 0.723. The van der Waals surface area contributed by atoms with Crippen molar-refractivity contribution in [1.29, 1.82) is 0 Å². The summed E-state index contributed by atoms with van der Waals surface area (Å²) in [4.78, 5) is 1.21. The maximum atomic E-state index is 6.38. The van der Waals surface area contributed by atoms with Gasteiger partial charge < -0.3 is 5.32 Å². The molecule has 104 valence electrons. The second kappa shape index (κ2) is 6.66. The van der Waals surface area contributed by atoms with Gasteiger partial charge in [-0.15, -0.1) is 11.8 Å². The van der Waals surface area contributed by atoms with E-state index in [1.165, 1.54) is 28.9 Å². The molecule has 0 aromatic heterocycles. The molecule has 0 bridgehead atoms. The summed E-state index contributed by atoms with van der Waals surface area (Å²) in [6.07, 6.45) is 2.63. The molecule has 0 spiro atoms. The highest BCUT2D eigenvalue weighted by Gasteiger charge is 2.20. The summed E-state index contributed by atoms with van der Waals surface area (Å²) in [5.74, 6) is 0.959. The van der Waals surface area contributed by atoms with E-state index in [1.807, 2.05) is 23.9 Å². The van der Waals surface area contributed by atoms with Gasteiger partial charge in [0.15, 0.2) is 0 Å². The maximum absolute atomic E-state index is 6.38. The maximum Gasteiger partial charge on any atom is 0.0545 e. The summed E-state index contributed by atoms with van der Waals surface area (Å²) in [7, 11) is 0. The summed E-state index contributed by atoms with van der Waals surface area (Å²) in [5.41, 5.74) is 2.64. The highest BCUT2D eigenvalue weighted by Crippen LogP contribution is 2.33. The van der Waals surface area contributed by atoms with Crippen molar-refractivity contribution in [2.45, 2.75) is 36.1 Å². The molecule has 0 radical (unpaired) electrons. The van der Waals surface area contributed by atoms with Crippen LogP contribution >= 0.6 is 23.4 Å². The first-order chi connectivity index (χ1) is 9.83. The average molecular weight is 304 g/mol. The molecule has 0 atom stereocenters. The Labute approximate surface area is 129 Å². The van der Waals surface area contributed by atoms with Crippen LogP contribution in [0.2, 0.25) is 5.02 Å². The van der Waals surface area contributed by atoms with Crippen LogP contribution in [0.5, 0.6) is 0 Å². The lowest BCUT2D eigenvalue weighted by Crippen LogP contribution is -2.15. The molecule has 0 unspecified atom stereocenters. The molecule has 1 fully saturated rings. The van der Waals surface area contributed by atoms with E-state index in [4.69, 9.17) is 11.6 Å². The Morgan fingerprint density at radius 2 is 1.85 bits per heavy atom. The molecule has 0 heterocycles. The van der Waals surface area contributed by atoms with Crippen molar-refractivity contribution in [2.75, 3.05) is 0 Å². The van der Waals surface area contributed by atoms with Gasteiger partial charge in [-0.25, -0.2) is 0 Å². The number of halogens is 1. The third-order valence-corrected chi connectivity index (χ3v) is 5.11. The summed E-state index contributed by atoms with van der Waals surface area (Å²) >= 11 is 8.20. The van der Waals surface area contributed by atoms with Gasteiger partial charge in [0.05, 0.1) is 5.02 Å². The van der Waals surface area contributed by atoms with E-state index in [1.54, 1.807) is 0 Å². The van der Waals surface area contributed by atoms with E-state index in [0.717, 1.165) is 23.4 Å². The first-order valence-corrected chi connectivity index (χ1v) is 8.37. The molecule has 1 aliphatic carbocycles. The van der Waals surface area contributed by atoms with E-state index in [2.05, 4.69) is 41.7 Å². The van der Waals surface area contributed by atoms with Crippen molar-refractivity contribution in [3.05, 3.63) is 64.7 Å². The molecule has 3 rings (SSSR count). The van der Waals surface area contributed by atoms with Gasteiger partial charge in [-0.2, -0.15) is 0 Å². The Morgan fingerprint density at radius 3 is 2.60 bits per heavy atom. The molecule has 20 heavy (non-hydrogen) atoms. The lowest BCUT2D eigenvalue weighted by atomic mass is 10.2. The van der Waals surface area contributed by atoms with Gasteiger partial charge in [-0.3, -0.25) is 0 Å². The van der Waals surface area contributed by atoms with Gasteiger partial charge in [-0.05, 0) is 30.0 Å². The van der Waals surface area contributed by atoms with Gasteiger partial charge >= 0.3 is 0 Å². The van der Waals surface area contributed by atoms with E-state index in [9.17, 15) is 0 Å². The van der Waals surface area contributed by atoms with E-state index < -0.39 is 0 Å². The van der Waals surface area contributed by atoms with Crippen molar-refractivity contribution in [2.24, 2.45) is 0 Å². The van der Waals surface area contributed by atoms with Crippen LogP contribution in [0.3, 0.4) is 0 Å². The molecule has 1 aliphatic rings. The minimum Gasteiger partial charge on any atom is -0.310 e. The number of rotatable bonds is 6. The molecular formula is C17H18ClNS. The molecule has 1 nitrogen and oxygen atoms in total. The minimum absolute atomic E-state index is 0.723. The molecule has 2 aromatic rings. The number of nitrogens with one attached hydrogen (secondary N) is 1. The quantitative estimate of drug-likeness (QED) is 0.763. The molecule has 0 aliphatic heterocycles. The zero-order chi connectivity index (χ0) is 13.8. The van der Waals surface area contributed by atoms with Crippen LogP contribution in [0.25, 0.3) is 0 Å². The SMILES string of the molecule is Clc1cccc(CNC2CC2)c1SCc1ccccc1. The third-order valence-electron chi connectivity index (χ3n) is 3.43. The lowest BCUT2D eigenvalue weighted by Gasteiger charge is -2.12. The molecular weight excluding hydrogens is 286 g/mol. The van der Waals surface area contributed by atoms with Crippen molar-refractivity contribution in [3.8, 4) is 0 Å². The Morgan fingerprint density at radius 1 is 1.05 bits per heavy atom. The fourth-order valence-electron chi connectivity index (χ4n) is 2.13. The van der Waals surface area contributed by atoms with Crippen molar-refractivity contribution >= 4 is 23.4 Å². The largest absolute Gasteiger partial charge is 0.310 e. The molecule has 0 saturated heterocycles. The molecule has 2 aromatic carbocycles. The summed E-state index contributed by atoms with van der Waals surface area (Å²) < 4.78 is 0. The van der Waals surface area contributed by atoms with Crippen LogP contribution < -0.4 is 5.32 Å². The predicted molar refractivity (Wildman–Crippen MR) is 87.3 cm³/mol. The summed E-state index contributed by atoms with van der Waals surface area (Å²) in [5, 5.41) is 4.43. The zero-order valence-electron chi connectivity index (χ0n) is 11.3. The van der Waals surface area contributed by atoms with Gasteiger partial charge in [-0.1, -0.05) is 54.1 Å². The fraction of sp³-hybridized carbons (Fsp3) is 0.294. The van der Waals surface area contributed by atoms with Crippen LogP contribution in [0.15, 0.2) is 53.4 Å². The van der Waals surface area contributed by atoms with Crippen LogP contribution in [0.1, 0.15) is 24.0 Å². The monoisotopic (exact) mass is 303 g/mol. The first-order valence-electron chi connectivity index (χ1n) is 7.00. The molecule has 1 N–H and O–H groups in total. The topological polar surface area (TPSA) is 12.0 Å². The predicted octanol–water partition coefficient (Wildman–Crippen LogP) is 4.88. The Bertz CT molecular complexity index is 566. The van der Waals surface area contributed by atoms with Crippen LogP contribution in [0.4, 0.5) is 0 Å². The van der Waals surface area contributed by atoms with Gasteiger partial charge in [0.1, 0.15) is 0 Å². The summed E-state index contributed by atoms with van der Waals surface area (Å²) in [6.45, 7) is 0.919. The van der Waals surface area contributed by atoms with Gasteiger partial charge in [0, 0.05) is 23.2 Å². The lowest BCUT2D eigenvalue weighted by molar-refractivity contribution is 0.680. The van der Waals surface area contributed by atoms with Crippen LogP contribution in [-0.2, 0) is 12.3 Å². The second-order valence-corrected chi connectivity index (χ2v) is 6.55.